The molecule has 8 heteroatoms. The van der Waals surface area contributed by atoms with Gasteiger partial charge < -0.3 is 19.7 Å². The van der Waals surface area contributed by atoms with Crippen LogP contribution in [0.25, 0.3) is 0 Å². The van der Waals surface area contributed by atoms with Gasteiger partial charge in [0.1, 0.15) is 24.4 Å². The summed E-state index contributed by atoms with van der Waals surface area (Å²) >= 11 is 0. The minimum absolute atomic E-state index is 0.0178. The van der Waals surface area contributed by atoms with Gasteiger partial charge >= 0.3 is 0 Å². The van der Waals surface area contributed by atoms with E-state index in [-0.39, 0.29) is 11.5 Å². The summed E-state index contributed by atoms with van der Waals surface area (Å²) in [5, 5.41) is 19.7. The lowest BCUT2D eigenvalue weighted by Crippen LogP contribution is -2.55. The molecule has 2 bridgehead atoms. The van der Waals surface area contributed by atoms with Crippen molar-refractivity contribution in [3.05, 3.63) is 29.8 Å². The van der Waals surface area contributed by atoms with Gasteiger partial charge in [0.2, 0.25) is 0 Å². The van der Waals surface area contributed by atoms with Crippen LogP contribution in [0.5, 0.6) is 0 Å². The highest BCUT2D eigenvalue weighted by Gasteiger charge is 2.51. The minimum Gasteiger partial charge on any atom is -0.387 e. The Bertz CT molecular complexity index is 612. The first kappa shape index (κ1) is 14.9. The summed E-state index contributed by atoms with van der Waals surface area (Å²) in [4.78, 5) is -0.0178. The highest BCUT2D eigenvalue weighted by molar-refractivity contribution is 7.86. The maximum absolute atomic E-state index is 12.2. The number of aliphatic hydroxyl groups is 2. The van der Waals surface area contributed by atoms with Gasteiger partial charge in [0, 0.05) is 0 Å². The molecular formula is C13H16O7S. The fraction of sp³-hybridized carbons (Fsp3) is 0.538. The molecule has 0 aliphatic carbocycles. The first-order chi connectivity index (χ1) is 9.88. The number of aryl methyl sites for hydroxylation is 1. The van der Waals surface area contributed by atoms with Gasteiger partial charge in [0.25, 0.3) is 10.1 Å². The fourth-order valence-electron chi connectivity index (χ4n) is 2.39. The zero-order valence-electron chi connectivity index (χ0n) is 11.2. The molecule has 21 heavy (non-hydrogen) atoms. The Balaban J connectivity index is 1.83. The topological polar surface area (TPSA) is 102 Å². The van der Waals surface area contributed by atoms with Crippen molar-refractivity contribution in [3.63, 3.8) is 0 Å². The molecule has 0 aromatic heterocycles. The average Bonchev–Trinajstić information content (AvgIpc) is 2.89. The van der Waals surface area contributed by atoms with E-state index >= 15 is 0 Å². The summed E-state index contributed by atoms with van der Waals surface area (Å²) in [6.45, 7) is 1.90. The zero-order chi connectivity index (χ0) is 15.2. The second kappa shape index (κ2) is 5.31. The summed E-state index contributed by atoms with van der Waals surface area (Å²) in [7, 11) is -4.06. The molecule has 116 valence electrons. The minimum atomic E-state index is -4.06. The molecule has 2 aliphatic rings. The Morgan fingerprint density at radius 1 is 1.19 bits per heavy atom. The molecule has 0 amide bonds. The van der Waals surface area contributed by atoms with Gasteiger partial charge in [-0.15, -0.1) is 0 Å². The standard InChI is InChI=1S/C13H16O7S/c1-7-2-4-8(5-3-7)21(16,17)20-12-9-6-18-13(19-9)11(15)10(12)14/h2-5,9-15H,6H2,1H3/t9-,10-,11-,12-,13-/m1/s1. The average molecular weight is 316 g/mol. The largest absolute Gasteiger partial charge is 0.387 e. The van der Waals surface area contributed by atoms with E-state index in [1.807, 2.05) is 6.92 Å². The van der Waals surface area contributed by atoms with Gasteiger partial charge in [-0.3, -0.25) is 4.18 Å². The van der Waals surface area contributed by atoms with Crippen LogP contribution in [-0.4, -0.2) is 55.9 Å². The Morgan fingerprint density at radius 3 is 2.52 bits per heavy atom. The number of ether oxygens (including phenoxy) is 2. The predicted molar refractivity (Wildman–Crippen MR) is 69.9 cm³/mol. The zero-order valence-corrected chi connectivity index (χ0v) is 12.1. The molecule has 1 aromatic carbocycles. The van der Waals surface area contributed by atoms with Crippen LogP contribution in [0.3, 0.4) is 0 Å². The Morgan fingerprint density at radius 2 is 1.86 bits per heavy atom. The summed E-state index contributed by atoms with van der Waals surface area (Å²) in [5.41, 5.74) is 0.914. The van der Waals surface area contributed by atoms with Crippen LogP contribution in [0, 0.1) is 6.92 Å². The van der Waals surface area contributed by atoms with Gasteiger partial charge in [-0.25, -0.2) is 0 Å². The van der Waals surface area contributed by atoms with Crippen molar-refractivity contribution < 1.29 is 32.3 Å². The maximum atomic E-state index is 12.2. The van der Waals surface area contributed by atoms with Gasteiger partial charge in [0.05, 0.1) is 11.5 Å². The van der Waals surface area contributed by atoms with Crippen molar-refractivity contribution in [1.29, 1.82) is 0 Å². The number of aliphatic hydroxyl groups excluding tert-OH is 2. The fourth-order valence-corrected chi connectivity index (χ4v) is 3.50. The first-order valence-corrected chi connectivity index (χ1v) is 7.92. The van der Waals surface area contributed by atoms with Crippen molar-refractivity contribution in [1.82, 2.24) is 0 Å². The van der Waals surface area contributed by atoms with Gasteiger partial charge in [-0.2, -0.15) is 8.42 Å². The van der Waals surface area contributed by atoms with Crippen LogP contribution in [0.15, 0.2) is 29.2 Å². The Labute approximate surface area is 122 Å². The third-order valence-electron chi connectivity index (χ3n) is 3.61. The van der Waals surface area contributed by atoms with E-state index in [0.717, 1.165) is 5.56 Å². The second-order valence-corrected chi connectivity index (χ2v) is 6.76. The van der Waals surface area contributed by atoms with E-state index in [9.17, 15) is 18.6 Å². The Kier molecular flexibility index (Phi) is 3.76. The molecule has 2 saturated heterocycles. The summed E-state index contributed by atoms with van der Waals surface area (Å²) in [6.07, 6.45) is -5.61. The molecule has 2 fully saturated rings. The second-order valence-electron chi connectivity index (χ2n) is 5.19. The van der Waals surface area contributed by atoms with Crippen molar-refractivity contribution in [2.24, 2.45) is 0 Å². The lowest BCUT2D eigenvalue weighted by molar-refractivity contribution is -0.222. The predicted octanol–water partition coefficient (Wildman–Crippen LogP) is -0.454. The highest BCUT2D eigenvalue weighted by atomic mass is 32.2. The van der Waals surface area contributed by atoms with Crippen LogP contribution in [0.1, 0.15) is 5.56 Å². The van der Waals surface area contributed by atoms with E-state index in [4.69, 9.17) is 13.7 Å². The van der Waals surface area contributed by atoms with E-state index in [0.29, 0.717) is 0 Å². The van der Waals surface area contributed by atoms with Crippen molar-refractivity contribution in [2.45, 2.75) is 42.5 Å². The maximum Gasteiger partial charge on any atom is 0.297 e. The normalized spacial score (nSPS) is 35.9. The summed E-state index contributed by atoms with van der Waals surface area (Å²) in [6, 6.07) is 6.14. The van der Waals surface area contributed by atoms with E-state index in [1.165, 1.54) is 12.1 Å². The third kappa shape index (κ3) is 2.70. The molecule has 5 atom stereocenters. The molecule has 0 spiro atoms. The SMILES string of the molecule is Cc1ccc(S(=O)(=O)O[C@H]2[C@H](O)[C@@H](O)[C@@H]3OC[C@H]2O3)cc1. The van der Waals surface area contributed by atoms with Crippen molar-refractivity contribution in [3.8, 4) is 0 Å². The molecule has 2 heterocycles. The molecule has 0 unspecified atom stereocenters. The van der Waals surface area contributed by atoms with Gasteiger partial charge in [-0.05, 0) is 19.1 Å². The molecule has 0 radical (unpaired) electrons. The Hall–Kier alpha value is -1.03. The highest BCUT2D eigenvalue weighted by Crippen LogP contribution is 2.31. The molecule has 2 aliphatic heterocycles. The molecule has 0 saturated carbocycles. The molecule has 3 rings (SSSR count). The number of fused-ring (bicyclic) bond motifs is 2. The van der Waals surface area contributed by atoms with E-state index in [1.54, 1.807) is 12.1 Å². The van der Waals surface area contributed by atoms with Crippen LogP contribution < -0.4 is 0 Å². The van der Waals surface area contributed by atoms with E-state index < -0.39 is 40.8 Å². The molecule has 7 nitrogen and oxygen atoms in total. The number of rotatable bonds is 3. The van der Waals surface area contributed by atoms with Crippen LogP contribution >= 0.6 is 0 Å². The van der Waals surface area contributed by atoms with Crippen LogP contribution in [-0.2, 0) is 23.8 Å². The van der Waals surface area contributed by atoms with Gasteiger partial charge in [-0.1, -0.05) is 17.7 Å². The van der Waals surface area contributed by atoms with Crippen molar-refractivity contribution >= 4 is 10.1 Å². The van der Waals surface area contributed by atoms with Crippen LogP contribution in [0.2, 0.25) is 0 Å². The summed E-state index contributed by atoms with van der Waals surface area (Å²) < 4.78 is 39.9. The molecular weight excluding hydrogens is 300 g/mol. The quantitative estimate of drug-likeness (QED) is 0.728. The van der Waals surface area contributed by atoms with Gasteiger partial charge in [0.15, 0.2) is 6.29 Å². The van der Waals surface area contributed by atoms with Crippen LogP contribution in [0.4, 0.5) is 0 Å². The first-order valence-electron chi connectivity index (χ1n) is 6.51. The number of benzene rings is 1. The number of hydrogen-bond acceptors (Lipinski definition) is 7. The number of hydrogen-bond donors (Lipinski definition) is 2. The molecule has 1 aromatic rings. The van der Waals surface area contributed by atoms with Crippen molar-refractivity contribution in [2.75, 3.05) is 6.61 Å². The molecule has 2 N–H and O–H groups in total. The lowest BCUT2D eigenvalue weighted by Gasteiger charge is -2.34. The smallest absolute Gasteiger partial charge is 0.297 e. The third-order valence-corrected chi connectivity index (χ3v) is 4.94. The lowest BCUT2D eigenvalue weighted by atomic mass is 10.0. The van der Waals surface area contributed by atoms with E-state index in [2.05, 4.69) is 0 Å². The monoisotopic (exact) mass is 316 g/mol. The summed E-state index contributed by atoms with van der Waals surface area (Å²) in [5.74, 6) is 0.